The first-order chi connectivity index (χ1) is 11.2. The van der Waals surface area contributed by atoms with Crippen LogP contribution in [0.5, 0.6) is 5.75 Å². The lowest BCUT2D eigenvalue weighted by atomic mass is 9.95. The van der Waals surface area contributed by atoms with Crippen LogP contribution in [-0.4, -0.2) is 5.72 Å². The van der Waals surface area contributed by atoms with Crippen LogP contribution in [0, 0.1) is 0 Å². The highest BCUT2D eigenvalue weighted by Crippen LogP contribution is 2.22. The summed E-state index contributed by atoms with van der Waals surface area (Å²) in [6, 6.07) is 30.2. The molecule has 0 spiro atoms. The van der Waals surface area contributed by atoms with Crippen molar-refractivity contribution in [1.82, 2.24) is 0 Å². The molecule has 0 aromatic heterocycles. The molecular formula is C21H21NO. The summed E-state index contributed by atoms with van der Waals surface area (Å²) in [5.41, 5.74) is 8.22. The van der Waals surface area contributed by atoms with E-state index in [9.17, 15) is 0 Å². The highest BCUT2D eigenvalue weighted by atomic mass is 16.5. The van der Waals surface area contributed by atoms with Gasteiger partial charge in [-0.15, -0.1) is 0 Å². The standard InChI is InChI=1S/C21H21NO/c22-21(16-18-10-4-1-5-11-18,17-19-12-6-2-7-13-19)23-20-14-8-3-9-15-20/h1-15H,16-17,22H2. The van der Waals surface area contributed by atoms with E-state index in [1.165, 1.54) is 11.1 Å². The second-order valence-electron chi connectivity index (χ2n) is 5.80. The molecular weight excluding hydrogens is 282 g/mol. The van der Waals surface area contributed by atoms with Gasteiger partial charge in [-0.25, -0.2) is 0 Å². The van der Waals surface area contributed by atoms with Gasteiger partial charge in [0, 0.05) is 12.8 Å². The molecule has 0 saturated heterocycles. The van der Waals surface area contributed by atoms with E-state index in [1.807, 2.05) is 66.7 Å². The lowest BCUT2D eigenvalue weighted by Crippen LogP contribution is -2.50. The van der Waals surface area contributed by atoms with Crippen LogP contribution in [0.1, 0.15) is 11.1 Å². The van der Waals surface area contributed by atoms with Crippen LogP contribution in [0.15, 0.2) is 91.0 Å². The molecule has 0 heterocycles. The zero-order chi connectivity index (χ0) is 16.0. The smallest absolute Gasteiger partial charge is 0.166 e. The molecule has 0 aliphatic heterocycles. The van der Waals surface area contributed by atoms with Crippen molar-refractivity contribution in [2.75, 3.05) is 0 Å². The topological polar surface area (TPSA) is 35.2 Å². The number of benzene rings is 3. The molecule has 2 heteroatoms. The molecule has 0 saturated carbocycles. The molecule has 3 aromatic rings. The molecule has 2 N–H and O–H groups in total. The molecule has 3 aromatic carbocycles. The molecule has 0 aliphatic carbocycles. The maximum atomic E-state index is 6.67. The third-order valence-corrected chi connectivity index (χ3v) is 3.76. The Bertz CT molecular complexity index is 609. The summed E-state index contributed by atoms with van der Waals surface area (Å²) in [7, 11) is 0. The highest BCUT2D eigenvalue weighted by molar-refractivity contribution is 5.25. The largest absolute Gasteiger partial charge is 0.472 e. The van der Waals surface area contributed by atoms with Crippen molar-refractivity contribution in [3.8, 4) is 5.75 Å². The number of nitrogens with two attached hydrogens (primary N) is 1. The minimum absolute atomic E-state index is 0.650. The van der Waals surface area contributed by atoms with Gasteiger partial charge in [-0.1, -0.05) is 78.9 Å². The second-order valence-corrected chi connectivity index (χ2v) is 5.80. The number of ether oxygens (including phenoxy) is 1. The van der Waals surface area contributed by atoms with Gasteiger partial charge in [0.15, 0.2) is 5.72 Å². The normalized spacial score (nSPS) is 11.2. The Kier molecular flexibility index (Phi) is 4.74. The average molecular weight is 303 g/mol. The number of rotatable bonds is 6. The third kappa shape index (κ3) is 4.44. The van der Waals surface area contributed by atoms with Crippen LogP contribution in [-0.2, 0) is 12.8 Å². The van der Waals surface area contributed by atoms with Gasteiger partial charge in [0.1, 0.15) is 5.75 Å². The van der Waals surface area contributed by atoms with Gasteiger partial charge >= 0.3 is 0 Å². The molecule has 0 amide bonds. The van der Waals surface area contributed by atoms with E-state index in [4.69, 9.17) is 10.5 Å². The summed E-state index contributed by atoms with van der Waals surface area (Å²) < 4.78 is 6.19. The summed E-state index contributed by atoms with van der Waals surface area (Å²) in [4.78, 5) is 0. The van der Waals surface area contributed by atoms with E-state index in [1.54, 1.807) is 0 Å². The van der Waals surface area contributed by atoms with Crippen molar-refractivity contribution in [2.24, 2.45) is 5.73 Å². The highest BCUT2D eigenvalue weighted by Gasteiger charge is 2.28. The lowest BCUT2D eigenvalue weighted by molar-refractivity contribution is 0.0760. The predicted molar refractivity (Wildman–Crippen MR) is 94.3 cm³/mol. The maximum absolute atomic E-state index is 6.67. The molecule has 0 bridgehead atoms. The van der Waals surface area contributed by atoms with Crippen molar-refractivity contribution in [3.63, 3.8) is 0 Å². The molecule has 0 radical (unpaired) electrons. The van der Waals surface area contributed by atoms with E-state index >= 15 is 0 Å². The molecule has 116 valence electrons. The van der Waals surface area contributed by atoms with E-state index in [0.717, 1.165) is 5.75 Å². The second kappa shape index (κ2) is 7.12. The quantitative estimate of drug-likeness (QED) is 0.692. The molecule has 23 heavy (non-hydrogen) atoms. The SMILES string of the molecule is NC(Cc1ccccc1)(Cc1ccccc1)Oc1ccccc1. The van der Waals surface area contributed by atoms with E-state index in [2.05, 4.69) is 24.3 Å². The first-order valence-electron chi connectivity index (χ1n) is 7.84. The first-order valence-corrected chi connectivity index (χ1v) is 7.84. The molecule has 3 rings (SSSR count). The van der Waals surface area contributed by atoms with Gasteiger partial charge in [0.25, 0.3) is 0 Å². The van der Waals surface area contributed by atoms with Gasteiger partial charge in [-0.2, -0.15) is 0 Å². The minimum atomic E-state index is -0.788. The van der Waals surface area contributed by atoms with Crippen LogP contribution in [0.4, 0.5) is 0 Å². The Labute approximate surface area is 137 Å². The number of hydrogen-bond acceptors (Lipinski definition) is 2. The summed E-state index contributed by atoms with van der Waals surface area (Å²) in [6.45, 7) is 0. The van der Waals surface area contributed by atoms with Gasteiger partial charge in [-0.3, -0.25) is 5.73 Å². The van der Waals surface area contributed by atoms with Gasteiger partial charge in [-0.05, 0) is 23.3 Å². The molecule has 0 unspecified atom stereocenters. The molecule has 0 fully saturated rings. The summed E-state index contributed by atoms with van der Waals surface area (Å²) >= 11 is 0. The van der Waals surface area contributed by atoms with Crippen molar-refractivity contribution in [1.29, 1.82) is 0 Å². The average Bonchev–Trinajstić information content (AvgIpc) is 2.57. The van der Waals surface area contributed by atoms with Crippen LogP contribution in [0.2, 0.25) is 0 Å². The monoisotopic (exact) mass is 303 g/mol. The fourth-order valence-electron chi connectivity index (χ4n) is 2.74. The predicted octanol–water partition coefficient (Wildman–Crippen LogP) is 4.21. The first kappa shape index (κ1) is 15.3. The Balaban J connectivity index is 1.85. The Morgan fingerprint density at radius 1 is 0.609 bits per heavy atom. The maximum Gasteiger partial charge on any atom is 0.166 e. The zero-order valence-corrected chi connectivity index (χ0v) is 13.1. The third-order valence-electron chi connectivity index (χ3n) is 3.76. The fraction of sp³-hybridized carbons (Fsp3) is 0.143. The van der Waals surface area contributed by atoms with Gasteiger partial charge < -0.3 is 4.74 Å². The van der Waals surface area contributed by atoms with Crippen molar-refractivity contribution < 1.29 is 4.74 Å². The lowest BCUT2D eigenvalue weighted by Gasteiger charge is -2.31. The Morgan fingerprint density at radius 2 is 1.00 bits per heavy atom. The van der Waals surface area contributed by atoms with E-state index < -0.39 is 5.72 Å². The molecule has 0 aliphatic rings. The summed E-state index contributed by atoms with van der Waals surface area (Å²) in [5.74, 6) is 0.793. The summed E-state index contributed by atoms with van der Waals surface area (Å²) in [6.07, 6.45) is 1.30. The van der Waals surface area contributed by atoms with Crippen LogP contribution in [0.25, 0.3) is 0 Å². The van der Waals surface area contributed by atoms with Gasteiger partial charge in [0.05, 0.1) is 0 Å². The van der Waals surface area contributed by atoms with E-state index in [0.29, 0.717) is 12.8 Å². The zero-order valence-electron chi connectivity index (χ0n) is 13.1. The van der Waals surface area contributed by atoms with E-state index in [-0.39, 0.29) is 0 Å². The molecule has 2 nitrogen and oxygen atoms in total. The van der Waals surface area contributed by atoms with Crippen LogP contribution in [0.3, 0.4) is 0 Å². The molecule has 0 atom stereocenters. The number of hydrogen-bond donors (Lipinski definition) is 1. The number of para-hydroxylation sites is 1. The van der Waals surface area contributed by atoms with Crippen molar-refractivity contribution >= 4 is 0 Å². The van der Waals surface area contributed by atoms with Crippen molar-refractivity contribution in [3.05, 3.63) is 102 Å². The van der Waals surface area contributed by atoms with Crippen LogP contribution >= 0.6 is 0 Å². The van der Waals surface area contributed by atoms with Crippen LogP contribution < -0.4 is 10.5 Å². The van der Waals surface area contributed by atoms with Gasteiger partial charge in [0.2, 0.25) is 0 Å². The summed E-state index contributed by atoms with van der Waals surface area (Å²) in [5, 5.41) is 0. The van der Waals surface area contributed by atoms with Crippen molar-refractivity contribution in [2.45, 2.75) is 18.6 Å². The fourth-order valence-corrected chi connectivity index (χ4v) is 2.74. The Morgan fingerprint density at radius 3 is 1.43 bits per heavy atom. The minimum Gasteiger partial charge on any atom is -0.472 e. The Hall–Kier alpha value is -2.58.